The maximum atomic E-state index is 9.83. The molecular weight excluding hydrogens is 204 g/mol. The average Bonchev–Trinajstić information content (AvgIpc) is 2.25. The minimum Gasteiger partial charge on any atom is -0.392 e. The quantitative estimate of drug-likeness (QED) is 0.773. The summed E-state index contributed by atoms with van der Waals surface area (Å²) < 4.78 is 0. The van der Waals surface area contributed by atoms with Crippen molar-refractivity contribution in [2.24, 2.45) is 5.92 Å². The molecule has 0 amide bonds. The zero-order valence-electron chi connectivity index (χ0n) is 9.73. The lowest BCUT2D eigenvalue weighted by atomic mass is 10.0. The van der Waals surface area contributed by atoms with E-state index in [1.54, 1.807) is 11.8 Å². The van der Waals surface area contributed by atoms with Gasteiger partial charge in [-0.15, -0.1) is 11.8 Å². The second-order valence-corrected chi connectivity index (χ2v) is 5.17. The number of hydrogen-bond acceptors (Lipinski definition) is 2. The first kappa shape index (κ1) is 12.6. The molecule has 2 unspecified atom stereocenters. The van der Waals surface area contributed by atoms with Crippen LogP contribution in [-0.2, 0) is 0 Å². The molecule has 0 fully saturated rings. The van der Waals surface area contributed by atoms with Gasteiger partial charge in [-0.2, -0.15) is 0 Å². The van der Waals surface area contributed by atoms with Crippen LogP contribution in [0.3, 0.4) is 0 Å². The van der Waals surface area contributed by atoms with E-state index in [1.165, 1.54) is 10.5 Å². The second-order valence-electron chi connectivity index (χ2n) is 4.08. The van der Waals surface area contributed by atoms with Crippen molar-refractivity contribution in [3.05, 3.63) is 29.8 Å². The fraction of sp³-hybridized carbons (Fsp3) is 0.538. The molecule has 0 aliphatic heterocycles. The molecule has 0 aromatic heterocycles. The summed E-state index contributed by atoms with van der Waals surface area (Å²) in [6.45, 7) is 6.31. The van der Waals surface area contributed by atoms with Crippen LogP contribution in [0.5, 0.6) is 0 Å². The number of rotatable bonds is 5. The van der Waals surface area contributed by atoms with Crippen LogP contribution in [0.25, 0.3) is 0 Å². The fourth-order valence-corrected chi connectivity index (χ4v) is 2.46. The van der Waals surface area contributed by atoms with Crippen LogP contribution < -0.4 is 0 Å². The molecule has 84 valence electrons. The summed E-state index contributed by atoms with van der Waals surface area (Å²) in [5.74, 6) is 1.18. The third-order valence-corrected chi connectivity index (χ3v) is 3.81. The van der Waals surface area contributed by atoms with Crippen LogP contribution in [0.2, 0.25) is 0 Å². The molecule has 0 saturated heterocycles. The number of aliphatic hydroxyl groups excluding tert-OH is 1. The van der Waals surface area contributed by atoms with E-state index in [1.807, 2.05) is 0 Å². The lowest BCUT2D eigenvalue weighted by molar-refractivity contribution is 0.137. The zero-order chi connectivity index (χ0) is 11.3. The molecule has 0 aliphatic rings. The Balaban J connectivity index is 2.43. The summed E-state index contributed by atoms with van der Waals surface area (Å²) >= 11 is 1.74. The maximum Gasteiger partial charge on any atom is 0.0659 e. The SMILES string of the molecule is CCC(C)C(O)CSc1cccc(C)c1. The Morgan fingerprint density at radius 2 is 2.13 bits per heavy atom. The molecule has 1 aromatic rings. The predicted octanol–water partition coefficient (Wildman–Crippen LogP) is 3.49. The first-order valence-corrected chi connectivity index (χ1v) is 6.49. The van der Waals surface area contributed by atoms with Gasteiger partial charge in [-0.25, -0.2) is 0 Å². The van der Waals surface area contributed by atoms with Crippen LogP contribution in [-0.4, -0.2) is 17.0 Å². The molecule has 15 heavy (non-hydrogen) atoms. The van der Waals surface area contributed by atoms with Gasteiger partial charge in [0, 0.05) is 10.6 Å². The van der Waals surface area contributed by atoms with Crippen LogP contribution in [0.1, 0.15) is 25.8 Å². The van der Waals surface area contributed by atoms with Gasteiger partial charge in [0.05, 0.1) is 6.10 Å². The van der Waals surface area contributed by atoms with Crippen molar-refractivity contribution in [3.63, 3.8) is 0 Å². The molecule has 0 radical (unpaired) electrons. The van der Waals surface area contributed by atoms with Crippen molar-refractivity contribution in [1.29, 1.82) is 0 Å². The largest absolute Gasteiger partial charge is 0.392 e. The monoisotopic (exact) mass is 224 g/mol. The highest BCUT2D eigenvalue weighted by molar-refractivity contribution is 7.99. The highest BCUT2D eigenvalue weighted by Crippen LogP contribution is 2.22. The first-order valence-electron chi connectivity index (χ1n) is 5.51. The fourth-order valence-electron chi connectivity index (χ4n) is 1.32. The lowest BCUT2D eigenvalue weighted by Crippen LogP contribution is -2.19. The van der Waals surface area contributed by atoms with Crippen LogP contribution >= 0.6 is 11.8 Å². The predicted molar refractivity (Wildman–Crippen MR) is 67.4 cm³/mol. The molecule has 1 nitrogen and oxygen atoms in total. The van der Waals surface area contributed by atoms with E-state index >= 15 is 0 Å². The normalized spacial score (nSPS) is 14.9. The number of aliphatic hydroxyl groups is 1. The minimum absolute atomic E-state index is 0.194. The van der Waals surface area contributed by atoms with Crippen LogP contribution in [0, 0.1) is 12.8 Å². The van der Waals surface area contributed by atoms with Gasteiger partial charge >= 0.3 is 0 Å². The molecule has 0 bridgehead atoms. The Labute approximate surface area is 96.9 Å². The number of hydrogen-bond donors (Lipinski definition) is 1. The van der Waals surface area contributed by atoms with Crippen LogP contribution in [0.4, 0.5) is 0 Å². The van der Waals surface area contributed by atoms with Gasteiger partial charge in [-0.1, -0.05) is 38.0 Å². The van der Waals surface area contributed by atoms with Gasteiger partial charge in [-0.3, -0.25) is 0 Å². The molecular formula is C13H20OS. The maximum absolute atomic E-state index is 9.83. The van der Waals surface area contributed by atoms with E-state index in [2.05, 4.69) is 45.0 Å². The third kappa shape index (κ3) is 4.27. The van der Waals surface area contributed by atoms with Crippen molar-refractivity contribution in [2.45, 2.75) is 38.2 Å². The van der Waals surface area contributed by atoms with Gasteiger partial charge in [0.25, 0.3) is 0 Å². The summed E-state index contributed by atoms with van der Waals surface area (Å²) in [7, 11) is 0. The summed E-state index contributed by atoms with van der Waals surface area (Å²) in [4.78, 5) is 1.25. The van der Waals surface area contributed by atoms with Crippen LogP contribution in [0.15, 0.2) is 29.2 Å². The van der Waals surface area contributed by atoms with E-state index in [-0.39, 0.29) is 6.10 Å². The van der Waals surface area contributed by atoms with E-state index in [0.29, 0.717) is 5.92 Å². The molecule has 1 aromatic carbocycles. The molecule has 0 spiro atoms. The van der Waals surface area contributed by atoms with Gasteiger partial charge < -0.3 is 5.11 Å². The first-order chi connectivity index (χ1) is 7.13. The van der Waals surface area contributed by atoms with E-state index in [4.69, 9.17) is 0 Å². The minimum atomic E-state index is -0.194. The smallest absolute Gasteiger partial charge is 0.0659 e. The van der Waals surface area contributed by atoms with E-state index < -0.39 is 0 Å². The third-order valence-electron chi connectivity index (χ3n) is 2.71. The highest BCUT2D eigenvalue weighted by atomic mass is 32.2. The number of benzene rings is 1. The number of thioether (sulfide) groups is 1. The topological polar surface area (TPSA) is 20.2 Å². The molecule has 0 saturated carbocycles. The second kappa shape index (κ2) is 6.19. The van der Waals surface area contributed by atoms with E-state index in [9.17, 15) is 5.11 Å². The standard InChI is InChI=1S/C13H20OS/c1-4-11(3)13(14)9-15-12-7-5-6-10(2)8-12/h5-8,11,13-14H,4,9H2,1-3H3. The zero-order valence-corrected chi connectivity index (χ0v) is 10.6. The molecule has 0 aliphatic carbocycles. The summed E-state index contributed by atoms with van der Waals surface area (Å²) in [5.41, 5.74) is 1.28. The van der Waals surface area contributed by atoms with Crippen molar-refractivity contribution >= 4 is 11.8 Å². The summed E-state index contributed by atoms with van der Waals surface area (Å²) in [5, 5.41) is 9.83. The Kier molecular flexibility index (Phi) is 5.20. The Bertz CT molecular complexity index is 298. The van der Waals surface area contributed by atoms with Gasteiger partial charge in [0.2, 0.25) is 0 Å². The molecule has 1 rings (SSSR count). The summed E-state index contributed by atoms with van der Waals surface area (Å²) in [6.07, 6.45) is 0.843. The highest BCUT2D eigenvalue weighted by Gasteiger charge is 2.12. The van der Waals surface area contributed by atoms with Crippen molar-refractivity contribution < 1.29 is 5.11 Å². The van der Waals surface area contributed by atoms with Gasteiger partial charge in [0.15, 0.2) is 0 Å². The average molecular weight is 224 g/mol. The molecule has 0 heterocycles. The molecule has 2 atom stereocenters. The number of aryl methyl sites for hydroxylation is 1. The Morgan fingerprint density at radius 1 is 1.40 bits per heavy atom. The van der Waals surface area contributed by atoms with Crippen molar-refractivity contribution in [1.82, 2.24) is 0 Å². The Hall–Kier alpha value is -0.470. The van der Waals surface area contributed by atoms with Gasteiger partial charge in [-0.05, 0) is 25.0 Å². The summed E-state index contributed by atoms with van der Waals surface area (Å²) in [6, 6.07) is 8.41. The Morgan fingerprint density at radius 3 is 2.73 bits per heavy atom. The van der Waals surface area contributed by atoms with E-state index in [0.717, 1.165) is 12.2 Å². The molecule has 1 N–H and O–H groups in total. The lowest BCUT2D eigenvalue weighted by Gasteiger charge is -2.16. The van der Waals surface area contributed by atoms with Crippen molar-refractivity contribution in [2.75, 3.05) is 5.75 Å². The molecule has 2 heteroatoms. The van der Waals surface area contributed by atoms with Gasteiger partial charge in [0.1, 0.15) is 0 Å². The van der Waals surface area contributed by atoms with Crippen molar-refractivity contribution in [3.8, 4) is 0 Å².